The van der Waals surface area contributed by atoms with E-state index in [2.05, 4.69) is 4.98 Å². The van der Waals surface area contributed by atoms with E-state index < -0.39 is 36.1 Å². The van der Waals surface area contributed by atoms with E-state index in [9.17, 15) is 19.8 Å². The Morgan fingerprint density at radius 1 is 1.24 bits per heavy atom. The number of ether oxygens (including phenoxy) is 2. The molecule has 2 aliphatic rings. The maximum atomic E-state index is 12.9. The third-order valence-corrected chi connectivity index (χ3v) is 7.91. The van der Waals surface area contributed by atoms with Crippen molar-refractivity contribution < 1.29 is 29.3 Å². The number of hydrogen-bond acceptors (Lipinski definition) is 8. The number of Topliss-reactive ketones (excluding diaryl/α,β-unsaturated/α-hetero) is 1. The number of epoxide rings is 1. The topological polar surface area (TPSA) is 109 Å². The van der Waals surface area contributed by atoms with E-state index in [1.54, 1.807) is 25.2 Å². The van der Waals surface area contributed by atoms with Gasteiger partial charge in [0.15, 0.2) is 0 Å². The minimum atomic E-state index is -1.19. The largest absolute Gasteiger partial charge is 0.458 e. The molecule has 7 nitrogen and oxygen atoms in total. The summed E-state index contributed by atoms with van der Waals surface area (Å²) in [5, 5.41) is 24.2. The number of cyclic esters (lactones) is 1. The molecule has 0 saturated carbocycles. The Hall–Kier alpha value is -1.87. The second-order valence-corrected chi connectivity index (χ2v) is 11.1. The highest BCUT2D eigenvalue weighted by atomic mass is 32.1. The lowest BCUT2D eigenvalue weighted by Crippen LogP contribution is -2.38. The minimum absolute atomic E-state index is 0.0899. The SMILES string of the molecule is C/C(=C\c1csc(C)n1)[C@@H]1C[C@@H]2O[C@]2(C)C/C=C\[C@H](C)[C@H](O)[C@@H](C)C(=O)C(C)[C@@H](O)CC(=O)O1. The van der Waals surface area contributed by atoms with Crippen LogP contribution in [0.2, 0.25) is 0 Å². The van der Waals surface area contributed by atoms with Crippen LogP contribution in [-0.4, -0.2) is 57.0 Å². The van der Waals surface area contributed by atoms with Gasteiger partial charge in [0.1, 0.15) is 11.9 Å². The summed E-state index contributed by atoms with van der Waals surface area (Å²) in [6, 6.07) is 0. The first-order valence-electron chi connectivity index (χ1n) is 12.0. The first-order chi connectivity index (χ1) is 15.9. The van der Waals surface area contributed by atoms with E-state index in [0.717, 1.165) is 16.3 Å². The Balaban J connectivity index is 1.85. The number of rotatable bonds is 2. The predicted molar refractivity (Wildman–Crippen MR) is 131 cm³/mol. The fraction of sp³-hybridized carbons (Fsp3) is 0.654. The number of carbonyl (C=O) groups excluding carboxylic acids is 2. The molecule has 3 rings (SSSR count). The Kier molecular flexibility index (Phi) is 8.50. The third-order valence-electron chi connectivity index (χ3n) is 7.12. The van der Waals surface area contributed by atoms with Gasteiger partial charge < -0.3 is 19.7 Å². The van der Waals surface area contributed by atoms with Gasteiger partial charge in [-0.2, -0.15) is 0 Å². The number of nitrogens with zero attached hydrogens (tertiary/aromatic N) is 1. The van der Waals surface area contributed by atoms with Crippen molar-refractivity contribution >= 4 is 29.2 Å². The molecule has 34 heavy (non-hydrogen) atoms. The maximum absolute atomic E-state index is 12.9. The fourth-order valence-electron chi connectivity index (χ4n) is 4.47. The molecule has 8 heteroatoms. The average molecular weight is 492 g/mol. The van der Waals surface area contributed by atoms with Crippen LogP contribution < -0.4 is 0 Å². The Morgan fingerprint density at radius 2 is 1.94 bits per heavy atom. The number of esters is 1. The van der Waals surface area contributed by atoms with Gasteiger partial charge in [-0.1, -0.05) is 32.9 Å². The summed E-state index contributed by atoms with van der Waals surface area (Å²) < 4.78 is 11.8. The highest BCUT2D eigenvalue weighted by Crippen LogP contribution is 2.44. The number of ketones is 1. The number of thiazole rings is 1. The lowest BCUT2D eigenvalue weighted by atomic mass is 9.82. The zero-order valence-electron chi connectivity index (χ0n) is 20.9. The van der Waals surface area contributed by atoms with Gasteiger partial charge in [0.2, 0.25) is 0 Å². The average Bonchev–Trinajstić information content (AvgIpc) is 3.22. The number of fused-ring (bicyclic) bond motifs is 1. The van der Waals surface area contributed by atoms with Crippen LogP contribution in [-0.2, 0) is 19.1 Å². The molecule has 0 radical (unpaired) electrons. The van der Waals surface area contributed by atoms with Crippen LogP contribution in [0.5, 0.6) is 0 Å². The van der Waals surface area contributed by atoms with Crippen molar-refractivity contribution in [3.63, 3.8) is 0 Å². The molecule has 1 aromatic heterocycles. The van der Waals surface area contributed by atoms with Gasteiger partial charge in [-0.25, -0.2) is 4.98 Å². The van der Waals surface area contributed by atoms with Crippen LogP contribution in [0.15, 0.2) is 23.1 Å². The van der Waals surface area contributed by atoms with Crippen LogP contribution in [0.4, 0.5) is 0 Å². The van der Waals surface area contributed by atoms with Gasteiger partial charge in [0, 0.05) is 29.6 Å². The molecule has 2 N–H and O–H groups in total. The van der Waals surface area contributed by atoms with Crippen molar-refractivity contribution in [1.29, 1.82) is 0 Å². The van der Waals surface area contributed by atoms with E-state index in [1.807, 2.05) is 51.3 Å². The van der Waals surface area contributed by atoms with E-state index in [-0.39, 0.29) is 29.8 Å². The summed E-state index contributed by atoms with van der Waals surface area (Å²) in [4.78, 5) is 30.1. The zero-order chi connectivity index (χ0) is 25.2. The number of hydrogen-bond donors (Lipinski definition) is 2. The molecule has 2 aliphatic heterocycles. The van der Waals surface area contributed by atoms with Gasteiger partial charge in [-0.05, 0) is 38.8 Å². The second-order valence-electron chi connectivity index (χ2n) is 10.0. The number of aryl methyl sites for hydroxylation is 1. The summed E-state index contributed by atoms with van der Waals surface area (Å²) in [5.41, 5.74) is 1.28. The normalized spacial score (nSPS) is 39.3. The molecular formula is C26H37NO6S. The molecule has 3 heterocycles. The summed E-state index contributed by atoms with van der Waals surface area (Å²) in [6.45, 7) is 11.0. The third kappa shape index (κ3) is 6.42. The summed E-state index contributed by atoms with van der Waals surface area (Å²) in [6.07, 6.45) is 3.96. The molecule has 1 aromatic rings. The summed E-state index contributed by atoms with van der Waals surface area (Å²) >= 11 is 1.55. The highest BCUT2D eigenvalue weighted by Gasteiger charge is 2.52. The van der Waals surface area contributed by atoms with E-state index in [4.69, 9.17) is 9.47 Å². The van der Waals surface area contributed by atoms with Gasteiger partial charge in [-0.15, -0.1) is 11.3 Å². The maximum Gasteiger partial charge on any atom is 0.309 e. The van der Waals surface area contributed by atoms with E-state index in [0.29, 0.717) is 12.8 Å². The van der Waals surface area contributed by atoms with Gasteiger partial charge in [0.25, 0.3) is 0 Å². The molecule has 8 atom stereocenters. The van der Waals surface area contributed by atoms with E-state index >= 15 is 0 Å². The van der Waals surface area contributed by atoms with Crippen LogP contribution in [0.1, 0.15) is 64.6 Å². The smallest absolute Gasteiger partial charge is 0.309 e. The molecule has 0 spiro atoms. The van der Waals surface area contributed by atoms with E-state index in [1.165, 1.54) is 0 Å². The first-order valence-corrected chi connectivity index (χ1v) is 12.8. The molecule has 188 valence electrons. The first kappa shape index (κ1) is 26.7. The lowest BCUT2D eigenvalue weighted by Gasteiger charge is -2.27. The number of aliphatic hydroxyl groups is 2. The molecular weight excluding hydrogens is 454 g/mol. The number of carbonyl (C=O) groups is 2. The lowest BCUT2D eigenvalue weighted by molar-refractivity contribution is -0.151. The Morgan fingerprint density at radius 3 is 2.59 bits per heavy atom. The predicted octanol–water partition coefficient (Wildman–Crippen LogP) is 3.86. The molecule has 0 amide bonds. The van der Waals surface area contributed by atoms with Gasteiger partial charge in [0.05, 0.1) is 41.0 Å². The van der Waals surface area contributed by atoms with Crippen LogP contribution >= 0.6 is 11.3 Å². The zero-order valence-corrected chi connectivity index (χ0v) is 21.7. The summed E-state index contributed by atoms with van der Waals surface area (Å²) in [5.74, 6) is -2.56. The molecule has 0 aromatic carbocycles. The standard InChI is InChI=1S/C26H37NO6S/c1-14-8-7-9-26(6)22(33-26)12-21(15(2)10-19-13-34-18(5)27-19)32-23(29)11-20(28)16(3)25(31)17(4)24(14)30/h7-8,10,13-14,16-17,20-22,24,28,30H,9,11-12H2,1-6H3/b8-7-,15-10+/t14-,16?,17+,20-,21-,22-,24-,26+/m0/s1. The number of aliphatic hydroxyl groups excluding tert-OH is 2. The van der Waals surface area contributed by atoms with Crippen molar-refractivity contribution in [2.45, 2.75) is 90.8 Å². The fourth-order valence-corrected chi connectivity index (χ4v) is 5.04. The van der Waals surface area contributed by atoms with Crippen LogP contribution in [0.3, 0.4) is 0 Å². The quantitative estimate of drug-likeness (QED) is 0.367. The Bertz CT molecular complexity index is 955. The summed E-state index contributed by atoms with van der Waals surface area (Å²) in [7, 11) is 0. The van der Waals surface area contributed by atoms with Crippen LogP contribution in [0.25, 0.3) is 6.08 Å². The van der Waals surface area contributed by atoms with Crippen molar-refractivity contribution in [3.05, 3.63) is 33.8 Å². The monoisotopic (exact) mass is 491 g/mol. The molecule has 1 fully saturated rings. The van der Waals surface area contributed by atoms with Crippen molar-refractivity contribution in [1.82, 2.24) is 4.98 Å². The Labute approximate surface area is 205 Å². The highest BCUT2D eigenvalue weighted by molar-refractivity contribution is 7.09. The molecule has 1 unspecified atom stereocenters. The van der Waals surface area contributed by atoms with Gasteiger partial charge >= 0.3 is 5.97 Å². The molecule has 1 saturated heterocycles. The molecule has 0 bridgehead atoms. The number of aromatic nitrogens is 1. The second kappa shape index (κ2) is 10.8. The van der Waals surface area contributed by atoms with Crippen molar-refractivity contribution in [2.24, 2.45) is 17.8 Å². The van der Waals surface area contributed by atoms with Gasteiger partial charge in [-0.3, -0.25) is 9.59 Å². The minimum Gasteiger partial charge on any atom is -0.458 e. The van der Waals surface area contributed by atoms with Crippen molar-refractivity contribution in [3.8, 4) is 0 Å². The van der Waals surface area contributed by atoms with Crippen molar-refractivity contribution in [2.75, 3.05) is 0 Å². The molecule has 0 aliphatic carbocycles. The van der Waals surface area contributed by atoms with Crippen LogP contribution in [0, 0.1) is 24.7 Å².